The molecule has 0 amide bonds. The average molecular weight is 440 g/mol. The summed E-state index contributed by atoms with van der Waals surface area (Å²) in [4.78, 5) is 12.2. The van der Waals surface area contributed by atoms with E-state index in [1.165, 1.54) is 5.57 Å². The predicted molar refractivity (Wildman–Crippen MR) is 117 cm³/mol. The van der Waals surface area contributed by atoms with Crippen LogP contribution in [-0.2, 0) is 16.1 Å². The number of rotatable bonds is 3. The second-order valence-corrected chi connectivity index (χ2v) is 9.81. The van der Waals surface area contributed by atoms with Crippen molar-refractivity contribution < 1.29 is 14.6 Å². The van der Waals surface area contributed by atoms with Gasteiger partial charge in [0, 0.05) is 27.5 Å². The van der Waals surface area contributed by atoms with Gasteiger partial charge in [-0.25, -0.2) is 9.48 Å². The van der Waals surface area contributed by atoms with Gasteiger partial charge in [-0.3, -0.25) is 0 Å². The molecule has 2 aromatic rings. The van der Waals surface area contributed by atoms with E-state index in [2.05, 4.69) is 29.9 Å². The first-order chi connectivity index (χ1) is 14.8. The molecule has 0 spiro atoms. The number of fused-ring (bicyclic) bond motifs is 3. The smallest absolute Gasteiger partial charge is 0.334 e. The van der Waals surface area contributed by atoms with E-state index in [1.807, 2.05) is 35.1 Å². The van der Waals surface area contributed by atoms with Gasteiger partial charge in [-0.2, -0.15) is 0 Å². The average Bonchev–Trinajstić information content (AvgIpc) is 3.02. The monoisotopic (exact) mass is 439 g/mol. The van der Waals surface area contributed by atoms with Gasteiger partial charge in [0.25, 0.3) is 0 Å². The van der Waals surface area contributed by atoms with Gasteiger partial charge in [0.05, 0.1) is 12.7 Å². The lowest BCUT2D eigenvalue weighted by molar-refractivity contribution is -0.147. The van der Waals surface area contributed by atoms with Crippen molar-refractivity contribution in [2.24, 2.45) is 11.3 Å². The Balaban J connectivity index is 1.36. The zero-order chi connectivity index (χ0) is 21.8. The highest BCUT2D eigenvalue weighted by Gasteiger charge is 2.71. The van der Waals surface area contributed by atoms with Crippen LogP contribution in [0.4, 0.5) is 0 Å². The Morgan fingerprint density at radius 1 is 1.42 bits per heavy atom. The summed E-state index contributed by atoms with van der Waals surface area (Å²) in [6.45, 7) is 6.68. The van der Waals surface area contributed by atoms with Gasteiger partial charge in [0.1, 0.15) is 17.4 Å². The molecule has 7 heteroatoms. The van der Waals surface area contributed by atoms with E-state index in [0.717, 1.165) is 36.9 Å². The molecule has 0 bridgehead atoms. The minimum absolute atomic E-state index is 0.154. The van der Waals surface area contributed by atoms with Gasteiger partial charge in [-0.1, -0.05) is 54.1 Å². The molecule has 1 saturated heterocycles. The Bertz CT molecular complexity index is 1090. The molecule has 1 aromatic heterocycles. The quantitative estimate of drug-likeness (QED) is 0.437. The summed E-state index contributed by atoms with van der Waals surface area (Å²) in [6.07, 6.45) is 7.59. The lowest BCUT2D eigenvalue weighted by Gasteiger charge is -2.28. The Morgan fingerprint density at radius 3 is 3.06 bits per heavy atom. The summed E-state index contributed by atoms with van der Waals surface area (Å²) < 4.78 is 7.44. The van der Waals surface area contributed by atoms with E-state index in [-0.39, 0.29) is 17.3 Å². The van der Waals surface area contributed by atoms with E-state index < -0.39 is 11.7 Å². The van der Waals surface area contributed by atoms with Crippen molar-refractivity contribution >= 4 is 17.6 Å². The second kappa shape index (κ2) is 7.31. The summed E-state index contributed by atoms with van der Waals surface area (Å²) in [5.41, 5.74) is 2.27. The lowest BCUT2D eigenvalue weighted by Crippen LogP contribution is -2.38. The molecular weight excluding hydrogens is 414 g/mol. The molecule has 1 aromatic carbocycles. The highest BCUT2D eigenvalue weighted by atomic mass is 35.5. The molecule has 5 rings (SSSR count). The van der Waals surface area contributed by atoms with Crippen LogP contribution in [0.25, 0.3) is 11.3 Å². The predicted octanol–water partition coefficient (Wildman–Crippen LogP) is 4.34. The topological polar surface area (TPSA) is 77.2 Å². The first kappa shape index (κ1) is 20.5. The number of aliphatic hydroxyl groups is 1. The number of carbonyl (C=O) groups excluding carboxylic acids is 1. The van der Waals surface area contributed by atoms with Gasteiger partial charge >= 0.3 is 5.97 Å². The summed E-state index contributed by atoms with van der Waals surface area (Å²) in [7, 11) is 0. The van der Waals surface area contributed by atoms with Crippen LogP contribution in [0.5, 0.6) is 0 Å². The maximum absolute atomic E-state index is 12.2. The largest absolute Gasteiger partial charge is 0.455 e. The number of aromatic nitrogens is 3. The van der Waals surface area contributed by atoms with Crippen molar-refractivity contribution in [1.29, 1.82) is 0 Å². The summed E-state index contributed by atoms with van der Waals surface area (Å²) in [6, 6.07) is 7.57. The number of carbonyl (C=O) groups is 1. The van der Waals surface area contributed by atoms with Crippen LogP contribution < -0.4 is 0 Å². The standard InChI is InChI=1S/C24H26ClN3O3/c1-15-19-9-8-16(5-4-10-23(2)14-24(23,30)21(19)31-22(15)29)12-28-13-20(26-27-28)17-6-3-7-18(25)11-17/h3,5-7,11,13,19,21,30H,1,4,8-10,12,14H2,2H3/b16-5+/t19-,21-,23-,24+/m0/s1. The number of esters is 1. The van der Waals surface area contributed by atoms with E-state index in [1.54, 1.807) is 0 Å². The van der Waals surface area contributed by atoms with Crippen LogP contribution in [0.1, 0.15) is 39.0 Å². The van der Waals surface area contributed by atoms with Crippen molar-refractivity contribution in [2.75, 3.05) is 0 Å². The first-order valence-electron chi connectivity index (χ1n) is 10.8. The van der Waals surface area contributed by atoms with Crippen LogP contribution in [0.15, 0.2) is 54.3 Å². The van der Waals surface area contributed by atoms with Crippen LogP contribution in [-0.4, -0.2) is 37.8 Å². The molecule has 2 aliphatic carbocycles. The molecule has 0 unspecified atom stereocenters. The third-order valence-corrected chi connectivity index (χ3v) is 7.52. The van der Waals surface area contributed by atoms with Crippen LogP contribution >= 0.6 is 11.6 Å². The zero-order valence-electron chi connectivity index (χ0n) is 17.6. The number of allylic oxidation sites excluding steroid dienone is 2. The normalized spacial score (nSPS) is 34.4. The molecule has 1 N–H and O–H groups in total. The molecule has 4 atom stereocenters. The number of benzene rings is 1. The van der Waals surface area contributed by atoms with Gasteiger partial charge in [-0.15, -0.1) is 5.10 Å². The number of nitrogens with zero attached hydrogens (tertiary/aromatic N) is 3. The number of ether oxygens (including phenoxy) is 1. The minimum Gasteiger partial charge on any atom is -0.455 e. The molecule has 162 valence electrons. The maximum atomic E-state index is 12.2. The second-order valence-electron chi connectivity index (χ2n) is 9.37. The highest BCUT2D eigenvalue weighted by molar-refractivity contribution is 6.30. The number of halogens is 1. The van der Waals surface area contributed by atoms with E-state index in [0.29, 0.717) is 23.6 Å². The highest BCUT2D eigenvalue weighted by Crippen LogP contribution is 2.64. The van der Waals surface area contributed by atoms with E-state index in [9.17, 15) is 9.90 Å². The van der Waals surface area contributed by atoms with Crippen LogP contribution in [0.3, 0.4) is 0 Å². The van der Waals surface area contributed by atoms with Gasteiger partial charge < -0.3 is 9.84 Å². The van der Waals surface area contributed by atoms with Crippen molar-refractivity contribution in [1.82, 2.24) is 15.0 Å². The first-order valence-corrected chi connectivity index (χ1v) is 11.1. The SMILES string of the molecule is C=C1C(=O)O[C@H]2[C@H]1CC/C(Cn1cc(-c3cccc(Cl)c3)nn1)=C\CC[C@@]1(C)C[C@@]21O. The van der Waals surface area contributed by atoms with Crippen molar-refractivity contribution in [3.05, 3.63) is 59.3 Å². The molecule has 2 fully saturated rings. The molecule has 1 aliphatic heterocycles. The Labute approximate surface area is 186 Å². The fourth-order valence-corrected chi connectivity index (χ4v) is 5.40. The number of hydrogen-bond acceptors (Lipinski definition) is 5. The fraction of sp³-hybridized carbons (Fsp3) is 0.458. The maximum Gasteiger partial charge on any atom is 0.334 e. The summed E-state index contributed by atoms with van der Waals surface area (Å²) in [5, 5.41) is 20.5. The molecule has 1 saturated carbocycles. The molecule has 6 nitrogen and oxygen atoms in total. The molecule has 0 radical (unpaired) electrons. The molecule has 2 heterocycles. The fourth-order valence-electron chi connectivity index (χ4n) is 5.21. The van der Waals surface area contributed by atoms with Crippen molar-refractivity contribution in [2.45, 2.75) is 57.3 Å². The number of hydrogen-bond donors (Lipinski definition) is 1. The van der Waals surface area contributed by atoms with Gasteiger partial charge in [0.2, 0.25) is 0 Å². The van der Waals surface area contributed by atoms with Gasteiger partial charge in [-0.05, 0) is 44.2 Å². The van der Waals surface area contributed by atoms with Crippen molar-refractivity contribution in [3.8, 4) is 11.3 Å². The zero-order valence-corrected chi connectivity index (χ0v) is 18.3. The third kappa shape index (κ3) is 3.52. The summed E-state index contributed by atoms with van der Waals surface area (Å²) >= 11 is 6.10. The van der Waals surface area contributed by atoms with E-state index >= 15 is 0 Å². The van der Waals surface area contributed by atoms with Gasteiger partial charge in [0.15, 0.2) is 0 Å². The Morgan fingerprint density at radius 2 is 2.26 bits per heavy atom. The van der Waals surface area contributed by atoms with Crippen molar-refractivity contribution in [3.63, 3.8) is 0 Å². The Hall–Kier alpha value is -2.44. The summed E-state index contributed by atoms with van der Waals surface area (Å²) in [5.74, 6) is -0.525. The van der Waals surface area contributed by atoms with Crippen LogP contribution in [0.2, 0.25) is 5.02 Å². The molecule has 31 heavy (non-hydrogen) atoms. The minimum atomic E-state index is -0.935. The molecular formula is C24H26ClN3O3. The molecule has 3 aliphatic rings. The Kier molecular flexibility index (Phi) is 4.83. The third-order valence-electron chi connectivity index (χ3n) is 7.29. The van der Waals surface area contributed by atoms with Crippen LogP contribution in [0, 0.1) is 11.3 Å². The van der Waals surface area contributed by atoms with E-state index in [4.69, 9.17) is 16.3 Å². The lowest BCUT2D eigenvalue weighted by atomic mass is 9.82.